The Kier molecular flexibility index (Phi) is 7.83. The molecule has 1 N–H and O–H groups in total. The largest absolute Gasteiger partial charge is 0.493 e. The van der Waals surface area contributed by atoms with Crippen molar-refractivity contribution in [2.45, 2.75) is 45.1 Å². The number of benzene rings is 2. The lowest BCUT2D eigenvalue weighted by Gasteiger charge is -2.34. The molecule has 206 valence electrons. The van der Waals surface area contributed by atoms with Crippen LogP contribution in [0.3, 0.4) is 0 Å². The molecule has 4 aromatic rings. The molecule has 39 heavy (non-hydrogen) atoms. The molecule has 5 rings (SSSR count). The van der Waals surface area contributed by atoms with Gasteiger partial charge in [0.15, 0.2) is 11.3 Å². The summed E-state index contributed by atoms with van der Waals surface area (Å²) in [6, 6.07) is 14.9. The van der Waals surface area contributed by atoms with Gasteiger partial charge in [0.1, 0.15) is 11.6 Å². The first-order chi connectivity index (χ1) is 18.8. The molecular weight excluding hydrogens is 516 g/mol. The van der Waals surface area contributed by atoms with Crippen LogP contribution >= 0.6 is 0 Å². The Morgan fingerprint density at radius 2 is 1.77 bits per heavy atom. The Morgan fingerprint density at radius 3 is 2.46 bits per heavy atom. The second-order valence-electron chi connectivity index (χ2n) is 9.68. The van der Waals surface area contributed by atoms with Crippen LogP contribution in [-0.4, -0.2) is 70.0 Å². The number of hydrogen-bond acceptors (Lipinski definition) is 7. The number of piperazine rings is 1. The molecule has 0 unspecified atom stereocenters. The second kappa shape index (κ2) is 11.3. The van der Waals surface area contributed by atoms with E-state index in [-0.39, 0.29) is 16.3 Å². The zero-order valence-electron chi connectivity index (χ0n) is 22.6. The Hall–Kier alpha value is -3.54. The number of imidazole rings is 1. The predicted molar refractivity (Wildman–Crippen MR) is 149 cm³/mol. The van der Waals surface area contributed by atoms with Crippen LogP contribution in [0.1, 0.15) is 37.4 Å². The summed E-state index contributed by atoms with van der Waals surface area (Å²) < 4.78 is 36.3. The van der Waals surface area contributed by atoms with Crippen LogP contribution in [0.25, 0.3) is 16.9 Å². The fraction of sp³-hybridized carbons (Fsp3) is 0.393. The van der Waals surface area contributed by atoms with Crippen LogP contribution < -0.4 is 10.3 Å². The smallest absolute Gasteiger partial charge is 0.277 e. The van der Waals surface area contributed by atoms with Crippen molar-refractivity contribution in [3.63, 3.8) is 0 Å². The molecule has 0 aliphatic carbocycles. The third-order valence-corrected chi connectivity index (χ3v) is 8.84. The molecular formula is C28H34N6O4S. The summed E-state index contributed by atoms with van der Waals surface area (Å²) in [7, 11) is -3.77. The summed E-state index contributed by atoms with van der Waals surface area (Å²) in [5.41, 5.74) is 2.27. The molecule has 0 saturated carbocycles. The molecule has 2 aromatic carbocycles. The number of nitrogens with one attached hydrogen (secondary N) is 1. The van der Waals surface area contributed by atoms with E-state index < -0.39 is 10.0 Å². The Morgan fingerprint density at radius 1 is 1.03 bits per heavy atom. The van der Waals surface area contributed by atoms with Crippen LogP contribution in [0.2, 0.25) is 0 Å². The number of rotatable bonds is 9. The van der Waals surface area contributed by atoms with Gasteiger partial charge in [-0.2, -0.15) is 4.31 Å². The summed E-state index contributed by atoms with van der Waals surface area (Å²) in [6.07, 6.45) is 1.51. The van der Waals surface area contributed by atoms with Gasteiger partial charge in [-0.15, -0.1) is 5.10 Å². The van der Waals surface area contributed by atoms with Crippen molar-refractivity contribution in [1.82, 2.24) is 28.8 Å². The number of aryl methyl sites for hydroxylation is 2. The molecule has 0 radical (unpaired) electrons. The van der Waals surface area contributed by atoms with Gasteiger partial charge in [0.05, 0.1) is 22.8 Å². The van der Waals surface area contributed by atoms with Crippen LogP contribution in [0.4, 0.5) is 0 Å². The first kappa shape index (κ1) is 27.0. The molecule has 1 aliphatic rings. The number of sulfonamides is 1. The van der Waals surface area contributed by atoms with Crippen LogP contribution in [0.15, 0.2) is 58.2 Å². The Labute approximate surface area is 228 Å². The monoisotopic (exact) mass is 550 g/mol. The molecule has 0 atom stereocenters. The van der Waals surface area contributed by atoms with E-state index in [9.17, 15) is 13.2 Å². The van der Waals surface area contributed by atoms with Gasteiger partial charge in [-0.25, -0.2) is 17.9 Å². The van der Waals surface area contributed by atoms with E-state index >= 15 is 0 Å². The van der Waals surface area contributed by atoms with Gasteiger partial charge in [0.2, 0.25) is 10.0 Å². The lowest BCUT2D eigenvalue weighted by molar-refractivity contribution is 0.181. The minimum Gasteiger partial charge on any atom is -0.493 e. The number of aromatic nitrogens is 4. The van der Waals surface area contributed by atoms with E-state index in [1.165, 1.54) is 9.87 Å². The highest BCUT2D eigenvalue weighted by Crippen LogP contribution is 2.31. The topological polar surface area (TPSA) is 113 Å². The number of fused-ring (bicyclic) bond motifs is 1. The molecule has 10 nitrogen and oxygen atoms in total. The molecule has 1 aliphatic heterocycles. The van der Waals surface area contributed by atoms with Crippen molar-refractivity contribution in [2.24, 2.45) is 0 Å². The maximum Gasteiger partial charge on any atom is 0.277 e. The van der Waals surface area contributed by atoms with Gasteiger partial charge in [-0.1, -0.05) is 37.3 Å². The lowest BCUT2D eigenvalue weighted by atomic mass is 10.2. The fourth-order valence-electron chi connectivity index (χ4n) is 5.00. The van der Waals surface area contributed by atoms with Crippen LogP contribution in [-0.2, 0) is 23.0 Å². The Bertz CT molecular complexity index is 1620. The summed E-state index contributed by atoms with van der Waals surface area (Å²) in [4.78, 5) is 22.8. The van der Waals surface area contributed by atoms with Crippen LogP contribution in [0.5, 0.6) is 5.75 Å². The van der Waals surface area contributed by atoms with E-state index in [0.29, 0.717) is 67.6 Å². The van der Waals surface area contributed by atoms with Crippen molar-refractivity contribution >= 4 is 15.5 Å². The van der Waals surface area contributed by atoms with E-state index in [1.807, 2.05) is 32.0 Å². The van der Waals surface area contributed by atoms with Crippen molar-refractivity contribution in [2.75, 3.05) is 32.8 Å². The minimum absolute atomic E-state index is 0.135. The van der Waals surface area contributed by atoms with Crippen molar-refractivity contribution in [1.29, 1.82) is 0 Å². The molecule has 3 heterocycles. The van der Waals surface area contributed by atoms with E-state index in [0.717, 1.165) is 13.0 Å². The number of aromatic amines is 1. The first-order valence-electron chi connectivity index (χ1n) is 13.3. The normalized spacial score (nSPS) is 15.2. The third kappa shape index (κ3) is 5.47. The maximum atomic E-state index is 13.7. The number of nitrogens with zero attached hydrogens (tertiary/aromatic N) is 5. The standard InChI is InChI=1S/C28H34N6O4S/c1-4-9-25-29-20(3)26-28(35)30-27(31-34(25)26)23-18-22(12-13-24(23)38-5-2)39(36,37)33-16-14-32(15-17-33)19-21-10-7-6-8-11-21/h6-8,10-13,18H,4-5,9,14-17,19H2,1-3H3,(H,30,31,35). The zero-order valence-corrected chi connectivity index (χ0v) is 23.4. The van der Waals surface area contributed by atoms with Crippen molar-refractivity contribution in [3.8, 4) is 17.1 Å². The van der Waals surface area contributed by atoms with Crippen molar-refractivity contribution in [3.05, 3.63) is 76.0 Å². The molecule has 0 spiro atoms. The van der Waals surface area contributed by atoms with Gasteiger partial charge in [-0.3, -0.25) is 9.69 Å². The maximum absolute atomic E-state index is 13.7. The van der Waals surface area contributed by atoms with Crippen molar-refractivity contribution < 1.29 is 13.2 Å². The summed E-state index contributed by atoms with van der Waals surface area (Å²) in [6.45, 7) is 8.91. The SMILES string of the molecule is CCCc1nc(C)c2c(=O)[nH]c(-c3cc(S(=O)(=O)N4CCN(Cc5ccccc5)CC4)ccc3OCC)nn12. The highest BCUT2D eigenvalue weighted by Gasteiger charge is 2.30. The van der Waals surface area contributed by atoms with E-state index in [1.54, 1.807) is 29.6 Å². The second-order valence-corrected chi connectivity index (χ2v) is 11.6. The summed E-state index contributed by atoms with van der Waals surface area (Å²) >= 11 is 0. The van der Waals surface area contributed by atoms with E-state index in [2.05, 4.69) is 32.1 Å². The van der Waals surface area contributed by atoms with Crippen LogP contribution in [0, 0.1) is 6.92 Å². The average Bonchev–Trinajstić information content (AvgIpc) is 3.25. The minimum atomic E-state index is -3.77. The number of H-pyrrole nitrogens is 1. The summed E-state index contributed by atoms with van der Waals surface area (Å²) in [5, 5.41) is 4.68. The quantitative estimate of drug-likeness (QED) is 0.340. The van der Waals surface area contributed by atoms with E-state index in [4.69, 9.17) is 4.74 Å². The highest BCUT2D eigenvalue weighted by atomic mass is 32.2. The fourth-order valence-corrected chi connectivity index (χ4v) is 6.45. The number of hydrogen-bond donors (Lipinski definition) is 1. The van der Waals surface area contributed by atoms with Gasteiger partial charge in [-0.05, 0) is 44.0 Å². The molecule has 1 saturated heterocycles. The first-order valence-corrected chi connectivity index (χ1v) is 14.8. The lowest BCUT2D eigenvalue weighted by Crippen LogP contribution is -2.48. The molecule has 2 aromatic heterocycles. The predicted octanol–water partition coefficient (Wildman–Crippen LogP) is 3.25. The molecule has 0 bridgehead atoms. The molecule has 11 heteroatoms. The Balaban J connectivity index is 1.46. The highest BCUT2D eigenvalue weighted by molar-refractivity contribution is 7.89. The average molecular weight is 551 g/mol. The molecule has 1 fully saturated rings. The third-order valence-electron chi connectivity index (χ3n) is 6.94. The van der Waals surface area contributed by atoms with Gasteiger partial charge in [0.25, 0.3) is 5.56 Å². The van der Waals surface area contributed by atoms with Gasteiger partial charge in [0, 0.05) is 39.1 Å². The zero-order chi connectivity index (χ0) is 27.6. The van der Waals surface area contributed by atoms with Gasteiger partial charge >= 0.3 is 0 Å². The van der Waals surface area contributed by atoms with Gasteiger partial charge < -0.3 is 9.72 Å². The molecule has 0 amide bonds. The summed E-state index contributed by atoms with van der Waals surface area (Å²) in [5.74, 6) is 1.36. The number of ether oxygens (including phenoxy) is 1.